The van der Waals surface area contributed by atoms with Gasteiger partial charge in [-0.15, -0.1) is 0 Å². The summed E-state index contributed by atoms with van der Waals surface area (Å²) in [6, 6.07) is 0.0410. The third-order valence-corrected chi connectivity index (χ3v) is 9.83. The molecule has 0 aromatic rings. The molecule has 1 N–H and O–H groups in total. The van der Waals surface area contributed by atoms with Crippen LogP contribution in [0.15, 0.2) is 12.3 Å². The van der Waals surface area contributed by atoms with Gasteiger partial charge in [-0.3, -0.25) is 0 Å². The second kappa shape index (κ2) is 13.2. The Morgan fingerprint density at radius 3 is 2.05 bits per heavy atom. The second-order valence-electron chi connectivity index (χ2n) is 15.0. The van der Waals surface area contributed by atoms with Crippen LogP contribution in [-0.4, -0.2) is 54.1 Å². The van der Waals surface area contributed by atoms with Crippen molar-refractivity contribution in [2.75, 3.05) is 13.6 Å². The molecule has 1 saturated heterocycles. The average molecular weight is 522 g/mol. The molecule has 218 valence electrons. The predicted octanol–water partition coefficient (Wildman–Crippen LogP) is 7.94. The van der Waals surface area contributed by atoms with Crippen molar-refractivity contribution in [2.45, 2.75) is 145 Å². The molecular weight excluding hydrogens is 458 g/mol. The minimum atomic E-state index is -0.507. The summed E-state index contributed by atoms with van der Waals surface area (Å²) >= 11 is 0. The predicted molar refractivity (Wildman–Crippen MR) is 158 cm³/mol. The third-order valence-electron chi connectivity index (χ3n) is 9.83. The molecule has 0 aromatic carbocycles. The molecule has 2 aliphatic rings. The van der Waals surface area contributed by atoms with E-state index in [1.807, 2.05) is 0 Å². The Balaban J connectivity index is 2.43. The van der Waals surface area contributed by atoms with E-state index in [1.54, 1.807) is 0 Å². The minimum Gasteiger partial charge on any atom is -0.494 e. The number of ether oxygens (including phenoxy) is 2. The van der Waals surface area contributed by atoms with Gasteiger partial charge in [0.1, 0.15) is 6.10 Å². The molecule has 0 amide bonds. The lowest BCUT2D eigenvalue weighted by molar-refractivity contribution is -0.118. The summed E-state index contributed by atoms with van der Waals surface area (Å²) in [4.78, 5) is 2.34. The summed E-state index contributed by atoms with van der Waals surface area (Å²) < 4.78 is 13.7. The highest BCUT2D eigenvalue weighted by atomic mass is 16.5. The zero-order valence-electron chi connectivity index (χ0n) is 26.6. The van der Waals surface area contributed by atoms with E-state index in [0.717, 1.165) is 44.4 Å². The number of nitrogens with zero attached hydrogens (tertiary/aromatic N) is 1. The molecule has 0 bridgehead atoms. The first-order valence-electron chi connectivity index (χ1n) is 15.4. The fraction of sp³-hybridized carbons (Fsp3) is 0.939. The van der Waals surface area contributed by atoms with Crippen LogP contribution in [-0.2, 0) is 9.47 Å². The van der Waals surface area contributed by atoms with Crippen LogP contribution in [0.1, 0.15) is 115 Å². The van der Waals surface area contributed by atoms with E-state index >= 15 is 0 Å². The van der Waals surface area contributed by atoms with Crippen LogP contribution in [0.4, 0.5) is 0 Å². The van der Waals surface area contributed by atoms with Gasteiger partial charge >= 0.3 is 0 Å². The van der Waals surface area contributed by atoms with Gasteiger partial charge in [-0.25, -0.2) is 0 Å². The van der Waals surface area contributed by atoms with Crippen LogP contribution >= 0.6 is 0 Å². The maximum atomic E-state index is 11.6. The molecule has 1 saturated carbocycles. The Morgan fingerprint density at radius 1 is 0.946 bits per heavy atom. The van der Waals surface area contributed by atoms with Crippen molar-refractivity contribution >= 4 is 0 Å². The first kappa shape index (κ1) is 32.6. The van der Waals surface area contributed by atoms with Crippen molar-refractivity contribution in [2.24, 2.45) is 40.4 Å². The summed E-state index contributed by atoms with van der Waals surface area (Å²) in [5.74, 6) is 3.25. The van der Waals surface area contributed by atoms with Gasteiger partial charge in [-0.2, -0.15) is 0 Å². The molecule has 0 aromatic heterocycles. The normalized spacial score (nSPS) is 42.9. The van der Waals surface area contributed by atoms with Crippen molar-refractivity contribution in [1.29, 1.82) is 0 Å². The Morgan fingerprint density at radius 2 is 1.51 bits per heavy atom. The lowest BCUT2D eigenvalue weighted by Crippen LogP contribution is -2.52. The summed E-state index contributed by atoms with van der Waals surface area (Å²) in [6.45, 7) is 30.7. The standard InChI is InChI=1S/C33H63NO3/c1-14-29-33(11,12)31(35)26(7)34(13)20-23(4)18-32(9,10)19-24(5)30(25(6)27(8)36-29)37-28-16-21(2)15-22(3)17-28/h21-26,28-31,35H,8,14-20H2,1-7,9-13H3/t21?,22?,23-,24-,25?,26?,28?,29-,30+,31?/m1/s1. The molecule has 5 unspecified atom stereocenters. The van der Waals surface area contributed by atoms with E-state index in [-0.39, 0.29) is 29.6 Å². The summed E-state index contributed by atoms with van der Waals surface area (Å²) in [5, 5.41) is 11.6. The maximum Gasteiger partial charge on any atom is 0.106 e. The molecule has 2 fully saturated rings. The first-order chi connectivity index (χ1) is 17.0. The largest absolute Gasteiger partial charge is 0.494 e. The number of rotatable bonds is 3. The van der Waals surface area contributed by atoms with Gasteiger partial charge in [-0.05, 0) is 81.6 Å². The highest BCUT2D eigenvalue weighted by Crippen LogP contribution is 2.41. The van der Waals surface area contributed by atoms with Crippen LogP contribution in [0.2, 0.25) is 0 Å². The average Bonchev–Trinajstić information content (AvgIpc) is 2.76. The van der Waals surface area contributed by atoms with E-state index in [2.05, 4.69) is 94.7 Å². The molecule has 9 atom stereocenters. The van der Waals surface area contributed by atoms with Crippen molar-refractivity contribution in [3.63, 3.8) is 0 Å². The molecule has 4 heteroatoms. The SMILES string of the molecule is C=C1O[C@H](CC)C(C)(C)C(O)C(C)N(C)C[C@H](C)CC(C)(C)C[C@@H](C)[C@H](OC2CC(C)CC(C)C2)C1C. The van der Waals surface area contributed by atoms with Gasteiger partial charge < -0.3 is 19.5 Å². The zero-order valence-corrected chi connectivity index (χ0v) is 26.6. The second-order valence-corrected chi connectivity index (χ2v) is 15.0. The van der Waals surface area contributed by atoms with E-state index in [0.29, 0.717) is 29.8 Å². The Bertz CT molecular complexity index is 708. The fourth-order valence-electron chi connectivity index (χ4n) is 7.98. The van der Waals surface area contributed by atoms with Gasteiger partial charge in [0.05, 0.1) is 24.1 Å². The number of hydrogen-bond acceptors (Lipinski definition) is 4. The fourth-order valence-corrected chi connectivity index (χ4v) is 7.98. The number of likely N-dealkylation sites (N-methyl/N-ethyl adjacent to an activating group) is 1. The summed E-state index contributed by atoms with van der Waals surface area (Å²) in [7, 11) is 2.16. The zero-order chi connectivity index (χ0) is 28.3. The molecule has 0 radical (unpaired) electrons. The van der Waals surface area contributed by atoms with Gasteiger partial charge in [0.15, 0.2) is 0 Å². The van der Waals surface area contributed by atoms with Crippen molar-refractivity contribution in [3.05, 3.63) is 12.3 Å². The van der Waals surface area contributed by atoms with Crippen molar-refractivity contribution in [3.8, 4) is 0 Å². The van der Waals surface area contributed by atoms with Gasteiger partial charge in [-0.1, -0.05) is 75.8 Å². The van der Waals surface area contributed by atoms with E-state index in [1.165, 1.54) is 6.42 Å². The van der Waals surface area contributed by atoms with Crippen LogP contribution in [0.5, 0.6) is 0 Å². The monoisotopic (exact) mass is 521 g/mol. The van der Waals surface area contributed by atoms with E-state index in [4.69, 9.17) is 9.47 Å². The van der Waals surface area contributed by atoms with Crippen LogP contribution < -0.4 is 0 Å². The molecule has 1 aliphatic heterocycles. The first-order valence-corrected chi connectivity index (χ1v) is 15.4. The van der Waals surface area contributed by atoms with Crippen LogP contribution in [0.3, 0.4) is 0 Å². The third kappa shape index (κ3) is 8.70. The molecule has 4 nitrogen and oxygen atoms in total. The van der Waals surface area contributed by atoms with Gasteiger partial charge in [0.2, 0.25) is 0 Å². The minimum absolute atomic E-state index is 0.0410. The quantitative estimate of drug-likeness (QED) is 0.409. The smallest absolute Gasteiger partial charge is 0.106 e. The molecule has 1 aliphatic carbocycles. The molecule has 37 heavy (non-hydrogen) atoms. The van der Waals surface area contributed by atoms with E-state index in [9.17, 15) is 5.11 Å². The number of aliphatic hydroxyl groups excluding tert-OH is 1. The molecule has 2 rings (SSSR count). The highest BCUT2D eigenvalue weighted by molar-refractivity contribution is 5.00. The number of hydrogen-bond donors (Lipinski definition) is 1. The lowest BCUT2D eigenvalue weighted by atomic mass is 9.73. The lowest BCUT2D eigenvalue weighted by Gasteiger charge is -2.44. The van der Waals surface area contributed by atoms with Crippen molar-refractivity contribution < 1.29 is 14.6 Å². The Hall–Kier alpha value is -0.580. The van der Waals surface area contributed by atoms with Crippen LogP contribution in [0, 0.1) is 40.4 Å². The summed E-state index contributed by atoms with van der Waals surface area (Å²) in [6.07, 6.45) is 6.45. The summed E-state index contributed by atoms with van der Waals surface area (Å²) in [5.41, 5.74) is -0.215. The van der Waals surface area contributed by atoms with Gasteiger partial charge in [0, 0.05) is 23.9 Å². The topological polar surface area (TPSA) is 41.9 Å². The number of aliphatic hydroxyl groups is 1. The van der Waals surface area contributed by atoms with Crippen LogP contribution in [0.25, 0.3) is 0 Å². The van der Waals surface area contributed by atoms with E-state index < -0.39 is 11.5 Å². The molecule has 1 heterocycles. The van der Waals surface area contributed by atoms with Crippen molar-refractivity contribution in [1.82, 2.24) is 4.90 Å². The maximum absolute atomic E-state index is 11.6. The Labute approximate surface area is 230 Å². The molecule has 0 spiro atoms. The highest BCUT2D eigenvalue weighted by Gasteiger charge is 2.43. The van der Waals surface area contributed by atoms with Gasteiger partial charge in [0.25, 0.3) is 0 Å². The molecular formula is C33H63NO3. The Kier molecular flexibility index (Phi) is 11.6.